The van der Waals surface area contributed by atoms with Crippen molar-refractivity contribution >= 4 is 49.4 Å². The zero-order chi connectivity index (χ0) is 45.0. The Hall–Kier alpha value is -8.78. The van der Waals surface area contributed by atoms with Crippen LogP contribution < -0.4 is 4.90 Å². The third-order valence-corrected chi connectivity index (χ3v) is 14.3. The first kappa shape index (κ1) is 39.6. The fourth-order valence-corrected chi connectivity index (χ4v) is 11.3. The Labute approximate surface area is 397 Å². The van der Waals surface area contributed by atoms with E-state index in [1.54, 1.807) is 0 Å². The molecule has 1 aliphatic carbocycles. The molecule has 0 radical (unpaired) electrons. The fourth-order valence-electron chi connectivity index (χ4n) is 11.3. The first-order valence-electron chi connectivity index (χ1n) is 23.6. The van der Waals surface area contributed by atoms with Crippen molar-refractivity contribution in [3.63, 3.8) is 0 Å². The van der Waals surface area contributed by atoms with Crippen LogP contribution in [0.15, 0.2) is 273 Å². The number of hydrogen-bond acceptors (Lipinski definition) is 1. The predicted molar refractivity (Wildman–Crippen MR) is 287 cm³/mol. The van der Waals surface area contributed by atoms with Gasteiger partial charge in [0.1, 0.15) is 0 Å². The molecule has 1 aliphatic rings. The summed E-state index contributed by atoms with van der Waals surface area (Å²) in [5.41, 5.74) is 17.6. The van der Waals surface area contributed by atoms with E-state index in [9.17, 15) is 0 Å². The van der Waals surface area contributed by atoms with Gasteiger partial charge in [-0.25, -0.2) is 0 Å². The first-order valence-corrected chi connectivity index (χ1v) is 23.6. The van der Waals surface area contributed by atoms with Gasteiger partial charge in [-0.15, -0.1) is 0 Å². The average Bonchev–Trinajstić information content (AvgIpc) is 3.73. The number of hydrogen-bond donors (Lipinski definition) is 0. The second-order valence-corrected chi connectivity index (χ2v) is 18.0. The molecule has 0 amide bonds. The molecule has 68 heavy (non-hydrogen) atoms. The lowest BCUT2D eigenvalue weighted by molar-refractivity contribution is 0.768. The summed E-state index contributed by atoms with van der Waals surface area (Å²) in [6.45, 7) is 0. The van der Waals surface area contributed by atoms with Crippen LogP contribution in [0.4, 0.5) is 17.1 Å². The topological polar surface area (TPSA) is 3.24 Å². The lowest BCUT2D eigenvalue weighted by atomic mass is 9.68. The molecule has 12 aromatic carbocycles. The summed E-state index contributed by atoms with van der Waals surface area (Å²) in [4.78, 5) is 2.48. The van der Waals surface area contributed by atoms with Crippen LogP contribution in [0.1, 0.15) is 22.3 Å². The highest BCUT2D eigenvalue weighted by atomic mass is 15.1. The van der Waals surface area contributed by atoms with Crippen molar-refractivity contribution in [2.45, 2.75) is 5.41 Å². The first-order chi connectivity index (χ1) is 33.7. The number of rotatable bonds is 8. The lowest BCUT2D eigenvalue weighted by Crippen LogP contribution is -2.28. The van der Waals surface area contributed by atoms with Gasteiger partial charge in [0.25, 0.3) is 0 Å². The van der Waals surface area contributed by atoms with Crippen molar-refractivity contribution in [3.05, 3.63) is 295 Å². The Bertz CT molecular complexity index is 3790. The maximum Gasteiger partial charge on any atom is 0.0714 e. The molecule has 0 unspecified atom stereocenters. The van der Waals surface area contributed by atoms with E-state index in [2.05, 4.69) is 278 Å². The number of nitrogens with zero attached hydrogens (tertiary/aromatic N) is 1. The van der Waals surface area contributed by atoms with E-state index in [0.29, 0.717) is 0 Å². The molecule has 318 valence electrons. The highest BCUT2D eigenvalue weighted by molar-refractivity contribution is 6.14. The van der Waals surface area contributed by atoms with Crippen LogP contribution in [0, 0.1) is 0 Å². The minimum absolute atomic E-state index is 0.520. The van der Waals surface area contributed by atoms with Crippen LogP contribution in [-0.4, -0.2) is 0 Å². The molecule has 0 fully saturated rings. The van der Waals surface area contributed by atoms with E-state index >= 15 is 0 Å². The van der Waals surface area contributed by atoms with Gasteiger partial charge in [0.15, 0.2) is 0 Å². The molecule has 12 aromatic rings. The van der Waals surface area contributed by atoms with Gasteiger partial charge in [0.2, 0.25) is 0 Å². The van der Waals surface area contributed by atoms with Gasteiger partial charge >= 0.3 is 0 Å². The molecular weight excluding hydrogens is 819 g/mol. The second-order valence-electron chi connectivity index (χ2n) is 18.0. The minimum atomic E-state index is -0.520. The number of benzene rings is 12. The molecule has 0 atom stereocenters. The average molecular weight is 864 g/mol. The highest BCUT2D eigenvalue weighted by Gasteiger charge is 2.47. The Morgan fingerprint density at radius 3 is 1.56 bits per heavy atom. The van der Waals surface area contributed by atoms with Crippen LogP contribution in [0.25, 0.3) is 76.8 Å². The van der Waals surface area contributed by atoms with Crippen LogP contribution in [0.2, 0.25) is 0 Å². The highest BCUT2D eigenvalue weighted by Crippen LogP contribution is 2.59. The summed E-state index contributed by atoms with van der Waals surface area (Å²) >= 11 is 0. The maximum absolute atomic E-state index is 2.48. The van der Waals surface area contributed by atoms with E-state index in [0.717, 1.165) is 22.6 Å². The molecule has 0 N–H and O–H groups in total. The van der Waals surface area contributed by atoms with Gasteiger partial charge in [-0.2, -0.15) is 0 Å². The normalized spacial score (nSPS) is 12.5. The molecule has 13 rings (SSSR count). The number of fused-ring (bicyclic) bond motifs is 7. The summed E-state index contributed by atoms with van der Waals surface area (Å²) in [7, 11) is 0. The van der Waals surface area contributed by atoms with Crippen molar-refractivity contribution in [2.75, 3.05) is 4.90 Å². The minimum Gasteiger partial charge on any atom is -0.310 e. The predicted octanol–water partition coefficient (Wildman–Crippen LogP) is 18.0. The fraction of sp³-hybridized carbons (Fsp3) is 0.0149. The zero-order valence-electron chi connectivity index (χ0n) is 37.4. The zero-order valence-corrected chi connectivity index (χ0v) is 37.4. The second kappa shape index (κ2) is 16.3. The molecule has 1 nitrogen and oxygen atoms in total. The quantitative estimate of drug-likeness (QED) is 0.138. The van der Waals surface area contributed by atoms with E-state index in [-0.39, 0.29) is 0 Å². The Morgan fingerprint density at radius 2 is 0.794 bits per heavy atom. The number of anilines is 3. The molecule has 1 heteroatoms. The van der Waals surface area contributed by atoms with Gasteiger partial charge in [0, 0.05) is 16.9 Å². The lowest BCUT2D eigenvalue weighted by Gasteiger charge is -2.34. The van der Waals surface area contributed by atoms with Crippen molar-refractivity contribution in [1.82, 2.24) is 0 Å². The molecule has 0 aromatic heterocycles. The Morgan fingerprint density at radius 1 is 0.265 bits per heavy atom. The van der Waals surface area contributed by atoms with E-state index in [4.69, 9.17) is 0 Å². The molecule has 0 aliphatic heterocycles. The Kier molecular flexibility index (Phi) is 9.47. The summed E-state index contributed by atoms with van der Waals surface area (Å²) in [6.07, 6.45) is 0. The van der Waals surface area contributed by atoms with Gasteiger partial charge in [0.05, 0.1) is 11.1 Å². The third kappa shape index (κ3) is 6.32. The summed E-state index contributed by atoms with van der Waals surface area (Å²) < 4.78 is 0. The smallest absolute Gasteiger partial charge is 0.0714 e. The molecule has 0 spiro atoms. The summed E-state index contributed by atoms with van der Waals surface area (Å²) in [6, 6.07) is 101. The standard InChI is InChI=1S/C67H45N/c1-3-22-52(23-4-1)67(53-24-5-2-6-25-53)63-33-14-13-31-61(63)66-64(67)34-17-35-65(66)68(54-42-40-48(41-43-54)57-32-16-20-47-18-7-9-27-56(47)57)55-26-15-21-50(44-55)46-36-38-49(39-37-46)62-45-51-19-8-10-28-58(51)59-29-11-12-30-60(59)62/h1-45H. The van der Waals surface area contributed by atoms with E-state index in [1.807, 2.05) is 0 Å². The molecule has 0 bridgehead atoms. The van der Waals surface area contributed by atoms with E-state index in [1.165, 1.54) is 93.5 Å². The van der Waals surface area contributed by atoms with Crippen LogP contribution in [0.3, 0.4) is 0 Å². The van der Waals surface area contributed by atoms with Crippen LogP contribution in [0.5, 0.6) is 0 Å². The SMILES string of the molecule is c1ccc(C2(c3ccccc3)c3ccccc3-c3c(N(c4ccc(-c5cccc6ccccc56)cc4)c4cccc(-c5ccc(-c6cc7ccccc7c7ccccc67)cc5)c4)cccc32)cc1. The van der Waals surface area contributed by atoms with Gasteiger partial charge in [-0.05, 0) is 130 Å². The third-order valence-electron chi connectivity index (χ3n) is 14.3. The Balaban J connectivity index is 0.988. The van der Waals surface area contributed by atoms with Crippen molar-refractivity contribution in [1.29, 1.82) is 0 Å². The van der Waals surface area contributed by atoms with Crippen molar-refractivity contribution in [2.24, 2.45) is 0 Å². The van der Waals surface area contributed by atoms with Gasteiger partial charge < -0.3 is 4.90 Å². The van der Waals surface area contributed by atoms with Crippen molar-refractivity contribution < 1.29 is 0 Å². The summed E-state index contributed by atoms with van der Waals surface area (Å²) in [5, 5.41) is 7.58. The van der Waals surface area contributed by atoms with Crippen molar-refractivity contribution in [3.8, 4) is 44.5 Å². The van der Waals surface area contributed by atoms with Gasteiger partial charge in [-0.3, -0.25) is 0 Å². The molecular formula is C67H45N. The van der Waals surface area contributed by atoms with Gasteiger partial charge in [-0.1, -0.05) is 237 Å². The van der Waals surface area contributed by atoms with Crippen LogP contribution >= 0.6 is 0 Å². The summed E-state index contributed by atoms with van der Waals surface area (Å²) in [5.74, 6) is 0. The molecule has 0 heterocycles. The monoisotopic (exact) mass is 863 g/mol. The van der Waals surface area contributed by atoms with E-state index < -0.39 is 5.41 Å². The maximum atomic E-state index is 2.48. The molecule has 0 saturated heterocycles. The molecule has 0 saturated carbocycles. The van der Waals surface area contributed by atoms with Crippen LogP contribution in [-0.2, 0) is 5.41 Å². The largest absolute Gasteiger partial charge is 0.310 e.